The van der Waals surface area contributed by atoms with Gasteiger partial charge in [0, 0.05) is 31.5 Å². The summed E-state index contributed by atoms with van der Waals surface area (Å²) in [6.45, 7) is 0.666. The summed E-state index contributed by atoms with van der Waals surface area (Å²) in [7, 11) is -2.98. The molecule has 2 saturated carbocycles. The number of rotatable bonds is 7. The number of carbonyl (C=O) groups is 5. The Balaban J connectivity index is 1.13. The van der Waals surface area contributed by atoms with Crippen molar-refractivity contribution >= 4 is 39.9 Å². The molecule has 2 aliphatic carbocycles. The van der Waals surface area contributed by atoms with Gasteiger partial charge in [0.05, 0.1) is 18.6 Å². The van der Waals surface area contributed by atoms with Crippen molar-refractivity contribution in [3.63, 3.8) is 0 Å². The molecule has 3 aliphatic heterocycles. The summed E-state index contributed by atoms with van der Waals surface area (Å²) < 4.78 is 45.8. The Bertz CT molecular complexity index is 2000. The molecular formula is C41H51N5O10S. The van der Waals surface area contributed by atoms with Crippen LogP contribution in [0.25, 0.3) is 0 Å². The van der Waals surface area contributed by atoms with Gasteiger partial charge in [0.15, 0.2) is 0 Å². The number of hydrogen-bond donors (Lipinski definition) is 3. The normalized spacial score (nSPS) is 26.8. The van der Waals surface area contributed by atoms with E-state index in [9.17, 15) is 32.4 Å². The first-order valence-corrected chi connectivity index (χ1v) is 21.4. The summed E-state index contributed by atoms with van der Waals surface area (Å²) in [5.74, 6) is -2.41. The van der Waals surface area contributed by atoms with Crippen LogP contribution in [0.15, 0.2) is 65.6 Å². The molecule has 5 amide bonds. The summed E-state index contributed by atoms with van der Waals surface area (Å²) in [5.41, 5.74) is 0.536. The van der Waals surface area contributed by atoms with Crippen molar-refractivity contribution in [1.82, 2.24) is 25.2 Å². The zero-order chi connectivity index (χ0) is 40.2. The van der Waals surface area contributed by atoms with E-state index in [-0.39, 0.29) is 36.1 Å². The molecule has 2 aromatic carbocycles. The number of methoxy groups -OCH3 is 1. The maximum absolute atomic E-state index is 14.5. The van der Waals surface area contributed by atoms with E-state index < -0.39 is 69.6 Å². The van der Waals surface area contributed by atoms with Crippen LogP contribution in [-0.4, -0.2) is 98.2 Å². The molecule has 15 nitrogen and oxygen atoms in total. The fourth-order valence-electron chi connectivity index (χ4n) is 8.41. The first-order valence-electron chi connectivity index (χ1n) is 20.0. The molecule has 0 spiro atoms. The molecule has 3 heterocycles. The van der Waals surface area contributed by atoms with Gasteiger partial charge in [0.1, 0.15) is 35.6 Å². The van der Waals surface area contributed by atoms with E-state index in [4.69, 9.17) is 14.2 Å². The van der Waals surface area contributed by atoms with Gasteiger partial charge >= 0.3 is 12.2 Å². The maximum atomic E-state index is 14.5. The van der Waals surface area contributed by atoms with E-state index in [0.717, 1.165) is 49.7 Å². The monoisotopic (exact) mass is 805 g/mol. The lowest BCUT2D eigenvalue weighted by Crippen LogP contribution is -2.58. The van der Waals surface area contributed by atoms with Crippen LogP contribution in [0.5, 0.6) is 5.75 Å². The molecule has 2 aromatic rings. The lowest BCUT2D eigenvalue weighted by Gasteiger charge is -2.30. The molecule has 1 saturated heterocycles. The fourth-order valence-corrected chi connectivity index (χ4v) is 9.48. The van der Waals surface area contributed by atoms with Crippen LogP contribution in [0.3, 0.4) is 0 Å². The van der Waals surface area contributed by atoms with Crippen LogP contribution in [-0.2, 0) is 46.8 Å². The predicted molar refractivity (Wildman–Crippen MR) is 206 cm³/mol. The Kier molecular flexibility index (Phi) is 12.1. The minimum Gasteiger partial charge on any atom is -0.497 e. The van der Waals surface area contributed by atoms with Crippen LogP contribution in [0.1, 0.15) is 81.8 Å². The number of sulfonamides is 1. The number of hydrogen-bond acceptors (Lipinski definition) is 10. The fraction of sp³-hybridized carbons (Fsp3) is 0.537. The van der Waals surface area contributed by atoms with Crippen LogP contribution in [0.2, 0.25) is 0 Å². The molecule has 5 atom stereocenters. The summed E-state index contributed by atoms with van der Waals surface area (Å²) in [6, 6.07) is 11.3. The number of alkyl carbamates (subject to hydrolysis) is 1. The second-order valence-corrected chi connectivity index (χ2v) is 17.3. The van der Waals surface area contributed by atoms with Crippen LogP contribution < -0.4 is 20.1 Å². The molecule has 0 unspecified atom stereocenters. The van der Waals surface area contributed by atoms with Gasteiger partial charge in [-0.3, -0.25) is 14.4 Å². The molecule has 3 N–H and O–H groups in total. The van der Waals surface area contributed by atoms with Crippen molar-refractivity contribution < 1.29 is 46.6 Å². The number of fused-ring (bicyclic) bond motifs is 3. The minimum atomic E-state index is -4.38. The third-order valence-corrected chi connectivity index (χ3v) is 13.1. The lowest BCUT2D eigenvalue weighted by atomic mass is 10.0. The SMILES string of the molecule is COc1cccc(S(=O)(=O)NC(=O)[C@@]23C[C@H]2C=CCCCCC[C@H](NC(=O)OC2CCCC2)C(=O)N2C[C@H](OC(=O)N4CCc5ccccc5C4)C[C@H]2C(=O)N3)c1. The van der Waals surface area contributed by atoms with Gasteiger partial charge in [-0.05, 0) is 81.0 Å². The van der Waals surface area contributed by atoms with Gasteiger partial charge in [-0.25, -0.2) is 22.7 Å². The van der Waals surface area contributed by atoms with Crippen molar-refractivity contribution in [2.75, 3.05) is 20.2 Å². The highest BCUT2D eigenvalue weighted by Gasteiger charge is 2.61. The number of benzene rings is 2. The second kappa shape index (κ2) is 17.2. The molecule has 3 fully saturated rings. The average Bonchev–Trinajstić information content (AvgIpc) is 3.46. The van der Waals surface area contributed by atoms with Gasteiger partial charge in [-0.1, -0.05) is 55.3 Å². The van der Waals surface area contributed by atoms with Crippen LogP contribution in [0.4, 0.5) is 9.59 Å². The van der Waals surface area contributed by atoms with Gasteiger partial charge in [-0.15, -0.1) is 0 Å². The summed E-state index contributed by atoms with van der Waals surface area (Å²) in [5, 5.41) is 5.60. The van der Waals surface area contributed by atoms with E-state index in [1.54, 1.807) is 11.0 Å². The minimum absolute atomic E-state index is 0.0761. The number of allylic oxidation sites excluding steroid dienone is 1. The third-order valence-electron chi connectivity index (χ3n) is 11.7. The molecule has 57 heavy (non-hydrogen) atoms. The molecule has 0 aromatic heterocycles. The molecule has 7 rings (SSSR count). The summed E-state index contributed by atoms with van der Waals surface area (Å²) in [4.78, 5) is 72.3. The number of nitrogens with one attached hydrogen (secondary N) is 3. The second-order valence-electron chi connectivity index (χ2n) is 15.6. The first kappa shape index (κ1) is 40.1. The number of nitrogens with zero attached hydrogens (tertiary/aromatic N) is 2. The molecule has 5 aliphatic rings. The highest BCUT2D eigenvalue weighted by atomic mass is 32.2. The topological polar surface area (TPSA) is 190 Å². The van der Waals surface area contributed by atoms with Crippen molar-refractivity contribution in [2.45, 2.75) is 118 Å². The van der Waals surface area contributed by atoms with Crippen molar-refractivity contribution in [3.05, 3.63) is 71.8 Å². The van der Waals surface area contributed by atoms with E-state index in [1.807, 2.05) is 36.4 Å². The predicted octanol–water partition coefficient (Wildman–Crippen LogP) is 4.10. The van der Waals surface area contributed by atoms with Crippen LogP contribution in [0, 0.1) is 5.92 Å². The van der Waals surface area contributed by atoms with Crippen molar-refractivity contribution in [1.29, 1.82) is 0 Å². The Morgan fingerprint density at radius 1 is 0.912 bits per heavy atom. The van der Waals surface area contributed by atoms with Gasteiger partial charge in [-0.2, -0.15) is 0 Å². The van der Waals surface area contributed by atoms with Gasteiger partial charge < -0.3 is 34.6 Å². The van der Waals surface area contributed by atoms with E-state index in [2.05, 4.69) is 15.4 Å². The zero-order valence-electron chi connectivity index (χ0n) is 32.2. The van der Waals surface area contributed by atoms with Gasteiger partial charge in [0.25, 0.3) is 15.9 Å². The summed E-state index contributed by atoms with van der Waals surface area (Å²) >= 11 is 0. The van der Waals surface area contributed by atoms with Gasteiger partial charge in [0.2, 0.25) is 11.8 Å². The maximum Gasteiger partial charge on any atom is 0.410 e. The largest absolute Gasteiger partial charge is 0.497 e. The highest BCUT2D eigenvalue weighted by molar-refractivity contribution is 7.90. The Morgan fingerprint density at radius 3 is 2.47 bits per heavy atom. The standard InChI is InChI=1S/C41H51N5O10S/c1-54-31-17-11-18-33(22-31)57(52,53)44-38(49)41-24-29(41)14-5-3-2-4-6-19-34(42-39(50)55-30-15-9-10-16-30)37(48)46-26-32(23-35(46)36(47)43-41)56-40(51)45-21-20-27-12-7-8-13-28(27)25-45/h5,7-8,11-14,17-18,22,29-30,32,34-35H,2-4,6,9-10,15-16,19-21,23-26H2,1H3,(H,42,50)(H,43,47)(H,44,49)/t29-,32-,34+,35+,41-/m1/s1. The number of ether oxygens (including phenoxy) is 3. The Hall–Kier alpha value is -5.12. The molecular weight excluding hydrogens is 755 g/mol. The Morgan fingerprint density at radius 2 is 1.68 bits per heavy atom. The van der Waals surface area contributed by atoms with Crippen LogP contribution >= 0.6 is 0 Å². The first-order chi connectivity index (χ1) is 27.5. The summed E-state index contributed by atoms with van der Waals surface area (Å²) in [6.07, 6.45) is 8.51. The molecule has 306 valence electrons. The third kappa shape index (κ3) is 9.21. The van der Waals surface area contributed by atoms with E-state index in [1.165, 1.54) is 30.2 Å². The Labute approximate surface area is 332 Å². The smallest absolute Gasteiger partial charge is 0.410 e. The lowest BCUT2D eigenvalue weighted by molar-refractivity contribution is -0.141. The highest BCUT2D eigenvalue weighted by Crippen LogP contribution is 2.46. The molecule has 0 radical (unpaired) electrons. The quantitative estimate of drug-likeness (QED) is 0.344. The van der Waals surface area contributed by atoms with Crippen molar-refractivity contribution in [2.24, 2.45) is 5.92 Å². The number of carbonyl (C=O) groups excluding carboxylic acids is 5. The van der Waals surface area contributed by atoms with E-state index >= 15 is 0 Å². The molecule has 0 bridgehead atoms. The molecule has 16 heteroatoms. The average molecular weight is 806 g/mol. The van der Waals surface area contributed by atoms with E-state index in [0.29, 0.717) is 38.8 Å². The van der Waals surface area contributed by atoms with Crippen molar-refractivity contribution in [3.8, 4) is 5.75 Å². The zero-order valence-corrected chi connectivity index (χ0v) is 33.0. The number of amides is 5.